The van der Waals surface area contributed by atoms with Crippen LogP contribution < -0.4 is 10.2 Å². The number of benzene rings is 2. The largest absolute Gasteiger partial charge is 0.508 e. The molecule has 4 rings (SSSR count). The van der Waals surface area contributed by atoms with Crippen LogP contribution in [0.25, 0.3) is 0 Å². The molecule has 0 saturated carbocycles. The third kappa shape index (κ3) is 3.45. The number of rotatable bonds is 3. The number of carbonyl (C=O) groups excluding carboxylic acids is 1. The number of fused-ring (bicyclic) bond motifs is 1. The van der Waals surface area contributed by atoms with Gasteiger partial charge in [-0.05, 0) is 54.5 Å². The fourth-order valence-electron chi connectivity index (χ4n) is 4.00. The van der Waals surface area contributed by atoms with Gasteiger partial charge in [-0.15, -0.1) is 0 Å². The fourth-order valence-corrected chi connectivity index (χ4v) is 4.00. The maximum absolute atomic E-state index is 11.7. The molecule has 0 unspecified atom stereocenters. The van der Waals surface area contributed by atoms with E-state index < -0.39 is 0 Å². The average Bonchev–Trinajstić information content (AvgIpc) is 2.67. The quantitative estimate of drug-likeness (QED) is 0.639. The molecule has 2 aromatic carbocycles. The normalized spacial score (nSPS) is 17.3. The van der Waals surface area contributed by atoms with Crippen LogP contribution in [0.2, 0.25) is 0 Å². The molecule has 0 atom stereocenters. The van der Waals surface area contributed by atoms with Crippen molar-refractivity contribution in [1.29, 1.82) is 0 Å². The van der Waals surface area contributed by atoms with Gasteiger partial charge in [-0.25, -0.2) is 0 Å². The minimum absolute atomic E-state index is 0.0478. The maximum Gasteiger partial charge on any atom is 0.292 e. The van der Waals surface area contributed by atoms with E-state index >= 15 is 0 Å². The summed E-state index contributed by atoms with van der Waals surface area (Å²) in [5.41, 5.74) is 3.37. The lowest BCUT2D eigenvalue weighted by Crippen LogP contribution is -2.33. The summed E-state index contributed by atoms with van der Waals surface area (Å²) in [6.45, 7) is 1.41. The molecule has 2 heterocycles. The van der Waals surface area contributed by atoms with Gasteiger partial charge in [-0.1, -0.05) is 12.1 Å². The monoisotopic (exact) mass is 367 g/mol. The zero-order chi connectivity index (χ0) is 19.0. The summed E-state index contributed by atoms with van der Waals surface area (Å²) in [6.07, 6.45) is 2.66. The first-order valence-electron chi connectivity index (χ1n) is 9.16. The van der Waals surface area contributed by atoms with Crippen LogP contribution in [-0.2, 0) is 11.2 Å². The Morgan fingerprint density at radius 2 is 1.81 bits per heavy atom. The molecular formula is C20H21N3O4. The minimum Gasteiger partial charge on any atom is -0.508 e. The Labute approximate surface area is 156 Å². The number of aromatic hydroxyl groups is 1. The highest BCUT2D eigenvalue weighted by atomic mass is 16.6. The number of carbonyl (C=O) groups is 1. The maximum atomic E-state index is 11.7. The summed E-state index contributed by atoms with van der Waals surface area (Å²) in [6, 6.07) is 10.6. The Kier molecular flexibility index (Phi) is 4.43. The van der Waals surface area contributed by atoms with Crippen LogP contribution in [0.1, 0.15) is 36.3 Å². The van der Waals surface area contributed by atoms with E-state index in [0.717, 1.165) is 18.4 Å². The average molecular weight is 367 g/mol. The van der Waals surface area contributed by atoms with Crippen molar-refractivity contribution < 1.29 is 14.8 Å². The van der Waals surface area contributed by atoms with Gasteiger partial charge in [0.15, 0.2) is 0 Å². The lowest BCUT2D eigenvalue weighted by atomic mass is 9.89. The molecule has 7 nitrogen and oxygen atoms in total. The smallest absolute Gasteiger partial charge is 0.292 e. The fraction of sp³-hybridized carbons (Fsp3) is 0.350. The number of phenolic OH excluding ortho intramolecular Hbond substituents is 1. The van der Waals surface area contributed by atoms with Crippen molar-refractivity contribution in [3.63, 3.8) is 0 Å². The lowest BCUT2D eigenvalue weighted by molar-refractivity contribution is -0.384. The van der Waals surface area contributed by atoms with Crippen LogP contribution in [0.4, 0.5) is 17.1 Å². The topological polar surface area (TPSA) is 95.7 Å². The molecule has 27 heavy (non-hydrogen) atoms. The molecule has 2 N–H and O–H groups in total. The first-order valence-corrected chi connectivity index (χ1v) is 9.16. The van der Waals surface area contributed by atoms with Gasteiger partial charge in [0.05, 0.1) is 4.92 Å². The van der Waals surface area contributed by atoms with E-state index in [-0.39, 0.29) is 22.3 Å². The molecule has 0 aromatic heterocycles. The van der Waals surface area contributed by atoms with Gasteiger partial charge in [0.2, 0.25) is 5.91 Å². The number of anilines is 2. The highest BCUT2D eigenvalue weighted by Gasteiger charge is 2.28. The van der Waals surface area contributed by atoms with Crippen molar-refractivity contribution in [1.82, 2.24) is 0 Å². The number of hydrogen-bond acceptors (Lipinski definition) is 5. The van der Waals surface area contributed by atoms with E-state index in [2.05, 4.69) is 5.32 Å². The predicted molar refractivity (Wildman–Crippen MR) is 102 cm³/mol. The number of nitrogens with one attached hydrogen (secondary N) is 1. The number of aryl methyl sites for hydroxylation is 1. The number of nitrogens with zero attached hydrogens (tertiary/aromatic N) is 2. The number of nitro benzene ring substituents is 1. The van der Waals surface area contributed by atoms with Crippen LogP contribution >= 0.6 is 0 Å². The molecule has 0 aliphatic carbocycles. The highest BCUT2D eigenvalue weighted by Crippen LogP contribution is 2.39. The summed E-state index contributed by atoms with van der Waals surface area (Å²) in [4.78, 5) is 25.0. The molecule has 2 aliphatic heterocycles. The molecular weight excluding hydrogens is 346 g/mol. The summed E-state index contributed by atoms with van der Waals surface area (Å²) < 4.78 is 0. The van der Waals surface area contributed by atoms with Crippen molar-refractivity contribution >= 4 is 23.0 Å². The van der Waals surface area contributed by atoms with Crippen LogP contribution in [0.15, 0.2) is 36.4 Å². The van der Waals surface area contributed by atoms with Crippen molar-refractivity contribution in [2.45, 2.75) is 31.6 Å². The van der Waals surface area contributed by atoms with Crippen molar-refractivity contribution in [3.05, 3.63) is 57.6 Å². The van der Waals surface area contributed by atoms with E-state index in [1.165, 1.54) is 5.56 Å². The first-order chi connectivity index (χ1) is 13.0. The second kappa shape index (κ2) is 6.90. The van der Waals surface area contributed by atoms with Gasteiger partial charge in [0.1, 0.15) is 11.4 Å². The summed E-state index contributed by atoms with van der Waals surface area (Å²) in [5.74, 6) is 0.578. The molecule has 1 amide bonds. The highest BCUT2D eigenvalue weighted by molar-refractivity contribution is 5.95. The second-order valence-corrected chi connectivity index (χ2v) is 7.16. The van der Waals surface area contributed by atoms with Gasteiger partial charge in [-0.2, -0.15) is 0 Å². The Balaban J connectivity index is 1.57. The summed E-state index contributed by atoms with van der Waals surface area (Å²) >= 11 is 0. The third-order valence-corrected chi connectivity index (χ3v) is 5.49. The van der Waals surface area contributed by atoms with Crippen molar-refractivity contribution in [2.24, 2.45) is 0 Å². The van der Waals surface area contributed by atoms with E-state index in [4.69, 9.17) is 0 Å². The Morgan fingerprint density at radius 3 is 2.48 bits per heavy atom. The number of phenols is 1. The van der Waals surface area contributed by atoms with E-state index in [1.54, 1.807) is 24.3 Å². The molecule has 7 heteroatoms. The molecule has 0 spiro atoms. The van der Waals surface area contributed by atoms with Crippen LogP contribution in [-0.4, -0.2) is 29.0 Å². The molecule has 1 saturated heterocycles. The zero-order valence-corrected chi connectivity index (χ0v) is 14.9. The van der Waals surface area contributed by atoms with Crippen molar-refractivity contribution in [2.75, 3.05) is 23.3 Å². The molecule has 1 fully saturated rings. The Bertz CT molecular complexity index is 887. The summed E-state index contributed by atoms with van der Waals surface area (Å²) in [5, 5.41) is 23.9. The SMILES string of the molecule is O=C1CCc2cc([N+](=O)[O-])c(N3CCC(c4ccc(O)cc4)CC3)cc2N1. The second-order valence-electron chi connectivity index (χ2n) is 7.16. The predicted octanol–water partition coefficient (Wildman–Crippen LogP) is 3.57. The van der Waals surface area contributed by atoms with E-state index in [0.29, 0.717) is 43.2 Å². The van der Waals surface area contributed by atoms with Crippen LogP contribution in [0.5, 0.6) is 5.75 Å². The van der Waals surface area contributed by atoms with Crippen LogP contribution in [0.3, 0.4) is 0 Å². The number of nitro groups is 1. The van der Waals surface area contributed by atoms with Gasteiger partial charge in [0.25, 0.3) is 5.69 Å². The third-order valence-electron chi connectivity index (χ3n) is 5.49. The van der Waals surface area contributed by atoms with Gasteiger partial charge >= 0.3 is 0 Å². The zero-order valence-electron chi connectivity index (χ0n) is 14.9. The van der Waals surface area contributed by atoms with Crippen LogP contribution in [0, 0.1) is 10.1 Å². The number of hydrogen-bond donors (Lipinski definition) is 2. The molecule has 0 bridgehead atoms. The summed E-state index contributed by atoms with van der Waals surface area (Å²) in [7, 11) is 0. The van der Waals surface area contributed by atoms with E-state index in [1.807, 2.05) is 17.0 Å². The minimum atomic E-state index is -0.335. The molecule has 0 radical (unpaired) electrons. The molecule has 2 aromatic rings. The van der Waals surface area contributed by atoms with Gasteiger partial charge in [0, 0.05) is 31.3 Å². The van der Waals surface area contributed by atoms with Gasteiger partial charge in [-0.3, -0.25) is 14.9 Å². The first kappa shape index (κ1) is 17.3. The Morgan fingerprint density at radius 1 is 1.11 bits per heavy atom. The number of amides is 1. The van der Waals surface area contributed by atoms with Crippen molar-refractivity contribution in [3.8, 4) is 5.75 Å². The standard InChI is InChI=1S/C20H21N3O4/c24-16-4-1-13(2-5-16)14-7-9-22(10-8-14)18-12-17-15(3-6-20(25)21-17)11-19(18)23(26)27/h1-2,4-5,11-12,14,24H,3,6-10H2,(H,21,25). The number of piperidine rings is 1. The van der Waals surface area contributed by atoms with E-state index in [9.17, 15) is 20.0 Å². The lowest BCUT2D eigenvalue weighted by Gasteiger charge is -2.34. The van der Waals surface area contributed by atoms with Gasteiger partial charge < -0.3 is 15.3 Å². The molecule has 2 aliphatic rings. The molecule has 140 valence electrons. The Hall–Kier alpha value is -3.09.